The Hall–Kier alpha value is -0.900. The molecule has 0 saturated carbocycles. The first kappa shape index (κ1) is 15.2. The van der Waals surface area contributed by atoms with Crippen LogP contribution in [-0.4, -0.2) is 35.7 Å². The Balaban J connectivity index is 2.97. The molecule has 0 aliphatic rings. The van der Waals surface area contributed by atoms with Crippen LogP contribution in [0.3, 0.4) is 0 Å². The van der Waals surface area contributed by atoms with Gasteiger partial charge in [-0.25, -0.2) is 0 Å². The third-order valence-corrected chi connectivity index (χ3v) is 3.29. The van der Waals surface area contributed by atoms with Crippen LogP contribution >= 0.6 is 0 Å². The molecule has 3 heteroatoms. The number of hydrogen-bond donors (Lipinski definition) is 2. The van der Waals surface area contributed by atoms with E-state index < -0.39 is 0 Å². The summed E-state index contributed by atoms with van der Waals surface area (Å²) in [6.07, 6.45) is 0.578. The zero-order valence-electron chi connectivity index (χ0n) is 11.9. The monoisotopic (exact) mass is 250 g/mol. The van der Waals surface area contributed by atoms with Crippen LogP contribution < -0.4 is 5.73 Å². The fraction of sp³-hybridized carbons (Fsp3) is 0.600. The molecule has 0 bridgehead atoms. The largest absolute Gasteiger partial charge is 0.392 e. The van der Waals surface area contributed by atoms with Crippen molar-refractivity contribution in [3.05, 3.63) is 35.4 Å². The zero-order valence-corrected chi connectivity index (χ0v) is 11.9. The Labute approximate surface area is 111 Å². The first-order valence-corrected chi connectivity index (χ1v) is 6.66. The second-order valence-electron chi connectivity index (χ2n) is 5.22. The molecule has 1 rings (SSSR count). The summed E-state index contributed by atoms with van der Waals surface area (Å²) in [5.74, 6) is 0. The lowest BCUT2D eigenvalue weighted by Crippen LogP contribution is -2.41. The molecular weight excluding hydrogens is 224 g/mol. The molecular formula is C15H26N2O. The smallest absolute Gasteiger partial charge is 0.0639 e. The lowest BCUT2D eigenvalue weighted by molar-refractivity contribution is 0.107. The molecule has 0 aliphatic carbocycles. The number of aryl methyl sites for hydroxylation is 1. The molecule has 3 nitrogen and oxygen atoms in total. The van der Waals surface area contributed by atoms with Crippen molar-refractivity contribution >= 4 is 0 Å². The van der Waals surface area contributed by atoms with Gasteiger partial charge in [0.05, 0.1) is 6.10 Å². The van der Waals surface area contributed by atoms with E-state index in [0.717, 1.165) is 6.42 Å². The summed E-state index contributed by atoms with van der Waals surface area (Å²) in [7, 11) is 2.02. The predicted octanol–water partition coefficient (Wildman–Crippen LogP) is 2.09. The number of hydrogen-bond acceptors (Lipinski definition) is 3. The maximum Gasteiger partial charge on any atom is 0.0639 e. The van der Waals surface area contributed by atoms with Gasteiger partial charge in [0.2, 0.25) is 0 Å². The zero-order chi connectivity index (χ0) is 13.7. The van der Waals surface area contributed by atoms with E-state index in [4.69, 9.17) is 5.73 Å². The maximum absolute atomic E-state index is 9.55. The molecule has 0 spiro atoms. The SMILES string of the molecule is CCC(N)C(c1cccc(C)c1)N(C)CC(C)O. The molecule has 3 unspecified atom stereocenters. The van der Waals surface area contributed by atoms with Gasteiger partial charge in [-0.15, -0.1) is 0 Å². The van der Waals surface area contributed by atoms with E-state index in [9.17, 15) is 5.11 Å². The number of aliphatic hydroxyl groups excluding tert-OH is 1. The molecule has 102 valence electrons. The van der Waals surface area contributed by atoms with E-state index in [1.807, 2.05) is 7.05 Å². The van der Waals surface area contributed by atoms with Crippen molar-refractivity contribution in [2.45, 2.75) is 45.4 Å². The first-order valence-electron chi connectivity index (χ1n) is 6.66. The summed E-state index contributed by atoms with van der Waals surface area (Å²) in [5, 5.41) is 9.55. The summed E-state index contributed by atoms with van der Waals surface area (Å²) >= 11 is 0. The Kier molecular flexibility index (Phi) is 5.79. The third-order valence-electron chi connectivity index (χ3n) is 3.29. The van der Waals surface area contributed by atoms with Crippen molar-refractivity contribution in [1.82, 2.24) is 4.90 Å². The normalized spacial score (nSPS) is 16.6. The number of aliphatic hydroxyl groups is 1. The van der Waals surface area contributed by atoms with Crippen LogP contribution in [0.2, 0.25) is 0 Å². The van der Waals surface area contributed by atoms with Crippen LogP contribution in [0.5, 0.6) is 0 Å². The number of rotatable bonds is 6. The van der Waals surface area contributed by atoms with Crippen molar-refractivity contribution in [2.75, 3.05) is 13.6 Å². The number of nitrogens with two attached hydrogens (primary N) is 1. The van der Waals surface area contributed by atoms with E-state index in [0.29, 0.717) is 6.54 Å². The molecule has 3 N–H and O–H groups in total. The quantitative estimate of drug-likeness (QED) is 0.813. The lowest BCUT2D eigenvalue weighted by atomic mass is 9.95. The van der Waals surface area contributed by atoms with Gasteiger partial charge in [-0.2, -0.15) is 0 Å². The summed E-state index contributed by atoms with van der Waals surface area (Å²) in [6, 6.07) is 8.69. The van der Waals surface area contributed by atoms with Gasteiger partial charge >= 0.3 is 0 Å². The van der Waals surface area contributed by atoms with Crippen LogP contribution in [0.25, 0.3) is 0 Å². The molecule has 0 amide bonds. The van der Waals surface area contributed by atoms with E-state index in [1.165, 1.54) is 11.1 Å². The molecule has 0 fully saturated rings. The molecule has 0 radical (unpaired) electrons. The van der Waals surface area contributed by atoms with Gasteiger partial charge in [0.25, 0.3) is 0 Å². The lowest BCUT2D eigenvalue weighted by Gasteiger charge is -2.33. The van der Waals surface area contributed by atoms with Gasteiger partial charge in [0, 0.05) is 18.6 Å². The van der Waals surface area contributed by atoms with Crippen molar-refractivity contribution in [3.63, 3.8) is 0 Å². The third kappa shape index (κ3) is 4.09. The van der Waals surface area contributed by atoms with Crippen molar-refractivity contribution in [2.24, 2.45) is 5.73 Å². The molecule has 0 aliphatic heterocycles. The van der Waals surface area contributed by atoms with Crippen LogP contribution in [0.15, 0.2) is 24.3 Å². The number of likely N-dealkylation sites (N-methyl/N-ethyl adjacent to an activating group) is 1. The Morgan fingerprint density at radius 2 is 2.06 bits per heavy atom. The topological polar surface area (TPSA) is 49.5 Å². The molecule has 0 saturated heterocycles. The van der Waals surface area contributed by atoms with Crippen molar-refractivity contribution in [1.29, 1.82) is 0 Å². The Morgan fingerprint density at radius 3 is 2.56 bits per heavy atom. The van der Waals surface area contributed by atoms with Gasteiger partial charge in [-0.3, -0.25) is 4.90 Å². The van der Waals surface area contributed by atoms with E-state index in [2.05, 4.69) is 43.0 Å². The van der Waals surface area contributed by atoms with E-state index >= 15 is 0 Å². The van der Waals surface area contributed by atoms with Crippen LogP contribution in [0, 0.1) is 6.92 Å². The summed E-state index contributed by atoms with van der Waals surface area (Å²) < 4.78 is 0. The van der Waals surface area contributed by atoms with Crippen LogP contribution in [0.1, 0.15) is 37.4 Å². The number of benzene rings is 1. The van der Waals surface area contributed by atoms with Gasteiger partial charge in [-0.05, 0) is 32.9 Å². The van der Waals surface area contributed by atoms with Gasteiger partial charge in [0.1, 0.15) is 0 Å². The first-order chi connectivity index (χ1) is 8.45. The van der Waals surface area contributed by atoms with Crippen LogP contribution in [-0.2, 0) is 0 Å². The molecule has 0 aromatic heterocycles. The standard InChI is InChI=1S/C15H26N2O/c1-5-14(16)15(17(4)10-12(3)18)13-8-6-7-11(2)9-13/h6-9,12,14-15,18H,5,10,16H2,1-4H3. The van der Waals surface area contributed by atoms with E-state index in [-0.39, 0.29) is 18.2 Å². The highest BCUT2D eigenvalue weighted by molar-refractivity contribution is 5.26. The average Bonchev–Trinajstić information content (AvgIpc) is 2.28. The fourth-order valence-electron chi connectivity index (χ4n) is 2.44. The van der Waals surface area contributed by atoms with Crippen LogP contribution in [0.4, 0.5) is 0 Å². The van der Waals surface area contributed by atoms with E-state index in [1.54, 1.807) is 6.92 Å². The molecule has 0 heterocycles. The summed E-state index contributed by atoms with van der Waals surface area (Å²) in [4.78, 5) is 2.15. The molecule has 1 aromatic rings. The average molecular weight is 250 g/mol. The van der Waals surface area contributed by atoms with Gasteiger partial charge in [0.15, 0.2) is 0 Å². The minimum Gasteiger partial charge on any atom is -0.392 e. The van der Waals surface area contributed by atoms with Gasteiger partial charge < -0.3 is 10.8 Å². The molecule has 3 atom stereocenters. The Morgan fingerprint density at radius 1 is 1.39 bits per heavy atom. The minimum atomic E-state index is -0.341. The Bertz CT molecular complexity index is 365. The molecule has 1 aromatic carbocycles. The molecule has 18 heavy (non-hydrogen) atoms. The highest BCUT2D eigenvalue weighted by Gasteiger charge is 2.23. The maximum atomic E-state index is 9.55. The highest BCUT2D eigenvalue weighted by atomic mass is 16.3. The second kappa shape index (κ2) is 6.88. The minimum absolute atomic E-state index is 0.0792. The summed E-state index contributed by atoms with van der Waals surface area (Å²) in [6.45, 7) is 6.63. The second-order valence-corrected chi connectivity index (χ2v) is 5.22. The number of nitrogens with zero attached hydrogens (tertiary/aromatic N) is 1. The fourth-order valence-corrected chi connectivity index (χ4v) is 2.44. The highest BCUT2D eigenvalue weighted by Crippen LogP contribution is 2.24. The predicted molar refractivity (Wildman–Crippen MR) is 76.5 cm³/mol. The summed E-state index contributed by atoms with van der Waals surface area (Å²) in [5.41, 5.74) is 8.72. The van der Waals surface area contributed by atoms with Gasteiger partial charge in [-0.1, -0.05) is 36.8 Å². The van der Waals surface area contributed by atoms with Crippen molar-refractivity contribution < 1.29 is 5.11 Å². The van der Waals surface area contributed by atoms with Crippen molar-refractivity contribution in [3.8, 4) is 0 Å².